The summed E-state index contributed by atoms with van der Waals surface area (Å²) in [6.07, 6.45) is 5.28. The monoisotopic (exact) mass is 516 g/mol. The van der Waals surface area contributed by atoms with Gasteiger partial charge in [-0.2, -0.15) is 0 Å². The molecule has 0 spiro atoms. The fourth-order valence-corrected chi connectivity index (χ4v) is 3.62. The molecule has 1 heterocycles. The van der Waals surface area contributed by atoms with Gasteiger partial charge in [-0.15, -0.1) is 0 Å². The molecule has 0 aliphatic rings. The summed E-state index contributed by atoms with van der Waals surface area (Å²) in [6.45, 7) is -0.237. The number of aromatic nitrogens is 2. The molecule has 0 radical (unpaired) electrons. The molecule has 0 unspecified atom stereocenters. The molecular formula is C25H36N6O6. The van der Waals surface area contributed by atoms with Crippen LogP contribution >= 0.6 is 0 Å². The first-order valence-corrected chi connectivity index (χ1v) is 12.2. The van der Waals surface area contributed by atoms with E-state index in [9.17, 15) is 24.3 Å². The number of hydrogen-bond acceptors (Lipinski definition) is 8. The number of imidazole rings is 1. The predicted octanol–water partition coefficient (Wildman–Crippen LogP) is -0.666. The average Bonchev–Trinajstić information content (AvgIpc) is 3.42. The minimum absolute atomic E-state index is 0.0361. The molecule has 2 aromatic rings. The van der Waals surface area contributed by atoms with Crippen molar-refractivity contribution in [2.45, 2.75) is 56.7 Å². The van der Waals surface area contributed by atoms with Crippen molar-refractivity contribution in [1.29, 1.82) is 0 Å². The van der Waals surface area contributed by atoms with Crippen LogP contribution in [0.5, 0.6) is 0 Å². The first-order chi connectivity index (χ1) is 17.9. The number of aliphatic hydroxyl groups excluding tert-OH is 1. The van der Waals surface area contributed by atoms with Crippen LogP contribution in [0.2, 0.25) is 0 Å². The van der Waals surface area contributed by atoms with Gasteiger partial charge in [0.15, 0.2) is 6.04 Å². The summed E-state index contributed by atoms with van der Waals surface area (Å²) in [7, 11) is 1.13. The molecule has 0 aliphatic carbocycles. The number of hydrogen-bond donors (Lipinski definition) is 6. The second-order valence-electron chi connectivity index (χ2n) is 8.50. The maximum absolute atomic E-state index is 13.2. The van der Waals surface area contributed by atoms with Crippen LogP contribution in [-0.4, -0.2) is 77.2 Å². The molecule has 0 bridgehead atoms. The Bertz CT molecular complexity index is 985. The maximum Gasteiger partial charge on any atom is 0.330 e. The normalized spacial score (nSPS) is 13.2. The number of H-pyrrole nitrogens is 1. The lowest BCUT2D eigenvalue weighted by Gasteiger charge is -2.24. The Morgan fingerprint density at radius 1 is 1.03 bits per heavy atom. The summed E-state index contributed by atoms with van der Waals surface area (Å²) in [5.74, 6) is -2.38. The predicted molar refractivity (Wildman–Crippen MR) is 135 cm³/mol. The lowest BCUT2D eigenvalue weighted by atomic mass is 10.1. The van der Waals surface area contributed by atoms with Crippen LogP contribution in [0.3, 0.4) is 0 Å². The molecule has 37 heavy (non-hydrogen) atoms. The Morgan fingerprint density at radius 2 is 1.73 bits per heavy atom. The summed E-state index contributed by atoms with van der Waals surface area (Å²) in [5.41, 5.74) is 7.15. The number of nitrogens with two attached hydrogens (primary N) is 1. The standard InChI is InChI=1S/C25H36N6O6/c1-37-25(36)21(15-32)31-24(35)20(13-18-14-27-16-28-18)30-23(34)19(9-5-6-12-26)29-22(33)11-10-17-7-3-2-4-8-17/h2-4,7-8,14,16,19-21,32H,5-6,9-13,15,26H2,1H3,(H,27,28)(H,29,33)(H,30,34)(H,31,35)/t19-,20-,21-/m0/s1. The number of carbonyl (C=O) groups is 4. The topological polar surface area (TPSA) is 189 Å². The molecule has 1 aromatic heterocycles. The summed E-state index contributed by atoms with van der Waals surface area (Å²) in [6, 6.07) is 6.22. The number of ether oxygens (including phenoxy) is 1. The van der Waals surface area contributed by atoms with Gasteiger partial charge in [0.1, 0.15) is 12.1 Å². The minimum atomic E-state index is -1.29. The van der Waals surface area contributed by atoms with Gasteiger partial charge in [-0.25, -0.2) is 9.78 Å². The zero-order chi connectivity index (χ0) is 27.0. The van der Waals surface area contributed by atoms with Gasteiger partial charge < -0.3 is 36.5 Å². The number of carbonyl (C=O) groups excluding carboxylic acids is 4. The second-order valence-corrected chi connectivity index (χ2v) is 8.50. The van der Waals surface area contributed by atoms with E-state index in [-0.39, 0.29) is 18.7 Å². The van der Waals surface area contributed by atoms with E-state index in [1.807, 2.05) is 30.3 Å². The Morgan fingerprint density at radius 3 is 2.35 bits per heavy atom. The van der Waals surface area contributed by atoms with E-state index in [4.69, 9.17) is 5.73 Å². The highest BCUT2D eigenvalue weighted by Gasteiger charge is 2.30. The van der Waals surface area contributed by atoms with E-state index in [0.717, 1.165) is 12.7 Å². The van der Waals surface area contributed by atoms with Crippen molar-refractivity contribution in [1.82, 2.24) is 25.9 Å². The van der Waals surface area contributed by atoms with E-state index in [2.05, 4.69) is 30.7 Å². The van der Waals surface area contributed by atoms with Gasteiger partial charge in [-0.1, -0.05) is 30.3 Å². The first-order valence-electron chi connectivity index (χ1n) is 12.2. The quantitative estimate of drug-likeness (QED) is 0.125. The van der Waals surface area contributed by atoms with Crippen molar-refractivity contribution >= 4 is 23.7 Å². The van der Waals surface area contributed by atoms with Crippen LogP contribution in [0.25, 0.3) is 0 Å². The number of amides is 3. The molecule has 0 saturated carbocycles. The van der Waals surface area contributed by atoms with Crippen molar-refractivity contribution in [3.05, 3.63) is 54.1 Å². The van der Waals surface area contributed by atoms with Crippen molar-refractivity contribution in [2.24, 2.45) is 5.73 Å². The second kappa shape index (κ2) is 16.1. The van der Waals surface area contributed by atoms with Gasteiger partial charge in [-0.05, 0) is 37.8 Å². The van der Waals surface area contributed by atoms with Gasteiger partial charge in [0.05, 0.1) is 20.0 Å². The highest BCUT2D eigenvalue weighted by Crippen LogP contribution is 2.07. The molecule has 0 saturated heterocycles. The first kappa shape index (κ1) is 29.5. The highest BCUT2D eigenvalue weighted by atomic mass is 16.5. The van der Waals surface area contributed by atoms with E-state index in [0.29, 0.717) is 37.9 Å². The van der Waals surface area contributed by atoms with Gasteiger partial charge in [0.25, 0.3) is 0 Å². The van der Waals surface area contributed by atoms with Crippen LogP contribution in [0.15, 0.2) is 42.9 Å². The van der Waals surface area contributed by atoms with Gasteiger partial charge in [0, 0.05) is 24.7 Å². The molecular weight excluding hydrogens is 480 g/mol. The smallest absolute Gasteiger partial charge is 0.330 e. The Hall–Kier alpha value is -3.77. The number of aromatic amines is 1. The molecule has 0 aliphatic heterocycles. The highest BCUT2D eigenvalue weighted by molar-refractivity contribution is 5.93. The SMILES string of the molecule is COC(=O)[C@H](CO)NC(=O)[C@H](Cc1cnc[nH]1)NC(=O)[C@H](CCCCN)NC(=O)CCc1ccccc1. The van der Waals surface area contributed by atoms with Crippen LogP contribution in [0.1, 0.15) is 36.9 Å². The van der Waals surface area contributed by atoms with Gasteiger partial charge >= 0.3 is 5.97 Å². The van der Waals surface area contributed by atoms with Crippen molar-refractivity contribution < 1.29 is 29.0 Å². The van der Waals surface area contributed by atoms with E-state index in [1.165, 1.54) is 12.5 Å². The number of nitrogens with one attached hydrogen (secondary N) is 4. The summed E-state index contributed by atoms with van der Waals surface area (Å²) in [5, 5.41) is 17.3. The molecule has 12 nitrogen and oxygen atoms in total. The lowest BCUT2D eigenvalue weighted by molar-refractivity contribution is -0.146. The number of esters is 1. The number of aryl methyl sites for hydroxylation is 1. The van der Waals surface area contributed by atoms with E-state index >= 15 is 0 Å². The third-order valence-corrected chi connectivity index (χ3v) is 5.68. The van der Waals surface area contributed by atoms with Crippen LogP contribution in [0.4, 0.5) is 0 Å². The third kappa shape index (κ3) is 10.4. The van der Waals surface area contributed by atoms with Crippen molar-refractivity contribution in [3.63, 3.8) is 0 Å². The molecule has 3 amide bonds. The third-order valence-electron chi connectivity index (χ3n) is 5.68. The van der Waals surface area contributed by atoms with Gasteiger partial charge in [0.2, 0.25) is 17.7 Å². The lowest BCUT2D eigenvalue weighted by Crippen LogP contribution is -2.57. The molecule has 12 heteroatoms. The maximum atomic E-state index is 13.2. The summed E-state index contributed by atoms with van der Waals surface area (Å²) >= 11 is 0. The number of nitrogens with zero attached hydrogens (tertiary/aromatic N) is 1. The number of methoxy groups -OCH3 is 1. The van der Waals surface area contributed by atoms with Crippen molar-refractivity contribution in [2.75, 3.05) is 20.3 Å². The minimum Gasteiger partial charge on any atom is -0.467 e. The average molecular weight is 517 g/mol. The zero-order valence-corrected chi connectivity index (χ0v) is 20.9. The summed E-state index contributed by atoms with van der Waals surface area (Å²) in [4.78, 5) is 57.5. The number of unbranched alkanes of at least 4 members (excludes halogenated alkanes) is 1. The summed E-state index contributed by atoms with van der Waals surface area (Å²) < 4.78 is 4.59. The van der Waals surface area contributed by atoms with Crippen LogP contribution in [-0.2, 0) is 36.8 Å². The van der Waals surface area contributed by atoms with Crippen LogP contribution < -0.4 is 21.7 Å². The molecule has 1 aromatic carbocycles. The molecule has 2 rings (SSSR count). The Kier molecular flexibility index (Phi) is 12.8. The number of aliphatic hydroxyl groups is 1. The van der Waals surface area contributed by atoms with Crippen LogP contribution in [0, 0.1) is 0 Å². The van der Waals surface area contributed by atoms with E-state index in [1.54, 1.807) is 0 Å². The molecule has 0 fully saturated rings. The van der Waals surface area contributed by atoms with E-state index < -0.39 is 42.5 Å². The molecule has 7 N–H and O–H groups in total. The Labute approximate surface area is 215 Å². The zero-order valence-electron chi connectivity index (χ0n) is 20.9. The van der Waals surface area contributed by atoms with Gasteiger partial charge in [-0.3, -0.25) is 14.4 Å². The Balaban J connectivity index is 2.10. The fourth-order valence-electron chi connectivity index (χ4n) is 3.62. The number of rotatable bonds is 16. The molecule has 202 valence electrons. The fraction of sp³-hybridized carbons (Fsp3) is 0.480. The van der Waals surface area contributed by atoms with Crippen molar-refractivity contribution in [3.8, 4) is 0 Å². The molecule has 3 atom stereocenters. The number of benzene rings is 1. The largest absolute Gasteiger partial charge is 0.467 e.